The van der Waals surface area contributed by atoms with Crippen LogP contribution in [0.15, 0.2) is 72.9 Å². The van der Waals surface area contributed by atoms with Crippen molar-refractivity contribution in [3.8, 4) is 0 Å². The van der Waals surface area contributed by atoms with Crippen molar-refractivity contribution in [1.29, 1.82) is 0 Å². The van der Waals surface area contributed by atoms with Crippen LogP contribution in [0.3, 0.4) is 0 Å². The lowest BCUT2D eigenvalue weighted by atomic mass is 10.0. The fourth-order valence-corrected chi connectivity index (χ4v) is 10.0. The predicted molar refractivity (Wildman–Crippen MR) is 344 cm³/mol. The molecular weight excluding hydrogens is 973 g/mol. The molecule has 0 aliphatic rings. The van der Waals surface area contributed by atoms with E-state index in [1.54, 1.807) is 0 Å². The first-order chi connectivity index (χ1) is 39.0. The highest BCUT2D eigenvalue weighted by Gasteiger charge is 2.19. The molecule has 0 saturated carbocycles. The Morgan fingerprint density at radius 3 is 0.785 bits per heavy atom. The molecule has 0 aliphatic carbocycles. The van der Waals surface area contributed by atoms with E-state index in [1.165, 1.54) is 225 Å². The van der Waals surface area contributed by atoms with Gasteiger partial charge in [-0.25, -0.2) is 0 Å². The Hall–Kier alpha value is -3.15. The minimum absolute atomic E-state index is 0.0784. The van der Waals surface area contributed by atoms with Crippen LogP contribution in [0.1, 0.15) is 355 Å². The third kappa shape index (κ3) is 65.5. The van der Waals surface area contributed by atoms with Gasteiger partial charge in [0.2, 0.25) is 0 Å². The third-order valence-corrected chi connectivity index (χ3v) is 15.2. The Labute approximate surface area is 491 Å². The molecule has 0 amide bonds. The van der Waals surface area contributed by atoms with Crippen molar-refractivity contribution in [3.63, 3.8) is 0 Å². The van der Waals surface area contributed by atoms with E-state index in [-0.39, 0.29) is 31.1 Å². The lowest BCUT2D eigenvalue weighted by Gasteiger charge is -2.18. The van der Waals surface area contributed by atoms with E-state index >= 15 is 0 Å². The second-order valence-corrected chi connectivity index (χ2v) is 23.1. The fraction of sp³-hybridized carbons (Fsp3) is 0.795. The minimum Gasteiger partial charge on any atom is -0.462 e. The van der Waals surface area contributed by atoms with E-state index < -0.39 is 6.10 Å². The first-order valence-corrected chi connectivity index (χ1v) is 34.4. The number of ether oxygens (including phenoxy) is 3. The maximum atomic E-state index is 12.9. The van der Waals surface area contributed by atoms with Crippen LogP contribution in [0, 0.1) is 0 Å². The summed E-state index contributed by atoms with van der Waals surface area (Å²) in [5.41, 5.74) is 0. The largest absolute Gasteiger partial charge is 0.462 e. The number of carbonyl (C=O) groups excluding carboxylic acids is 3. The second-order valence-electron chi connectivity index (χ2n) is 23.1. The Morgan fingerprint density at radius 2 is 0.494 bits per heavy atom. The van der Waals surface area contributed by atoms with E-state index in [9.17, 15) is 14.4 Å². The number of rotatable bonds is 63. The number of hydrogen-bond donors (Lipinski definition) is 0. The number of allylic oxidation sites excluding steroid dienone is 12. The van der Waals surface area contributed by atoms with Gasteiger partial charge in [0.25, 0.3) is 0 Å². The molecule has 0 aromatic carbocycles. The van der Waals surface area contributed by atoms with E-state index in [2.05, 4.69) is 93.7 Å². The van der Waals surface area contributed by atoms with Crippen LogP contribution in [0.4, 0.5) is 0 Å². The van der Waals surface area contributed by atoms with Gasteiger partial charge in [0.05, 0.1) is 0 Å². The standard InChI is InChI=1S/C73H130O6/c1-4-7-10-13-16-19-22-25-28-31-32-33-34-35-36-37-38-39-40-43-45-48-51-54-57-60-63-66-72(75)78-69-70(79-73(76)67-64-61-58-55-52-49-46-42-30-27-24-21-18-15-12-9-6-3)68-77-71(74)65-62-59-56-53-50-47-44-41-29-26-23-20-17-14-11-8-5-2/h9,12,18,21-22,25-27,29-32,70H,4-8,10-11,13-17,19-20,23-24,28,33-69H2,1-3H3/b12-9-,21-18-,25-22-,29-26-,30-27-,32-31-. The predicted octanol–water partition coefficient (Wildman–Crippen LogP) is 23.7. The maximum absolute atomic E-state index is 12.9. The lowest BCUT2D eigenvalue weighted by molar-refractivity contribution is -0.167. The van der Waals surface area contributed by atoms with Gasteiger partial charge < -0.3 is 14.2 Å². The molecule has 0 aromatic heterocycles. The minimum atomic E-state index is -0.784. The van der Waals surface area contributed by atoms with E-state index in [1.807, 2.05) is 0 Å². The molecule has 1 unspecified atom stereocenters. The van der Waals surface area contributed by atoms with Gasteiger partial charge in [0.1, 0.15) is 13.2 Å². The Balaban J connectivity index is 4.29. The summed E-state index contributed by atoms with van der Waals surface area (Å²) in [6.45, 7) is 6.55. The summed E-state index contributed by atoms with van der Waals surface area (Å²) in [5.74, 6) is -0.874. The van der Waals surface area contributed by atoms with Gasteiger partial charge >= 0.3 is 17.9 Å². The number of esters is 3. The number of unbranched alkanes of at least 4 members (excludes halogenated alkanes) is 40. The van der Waals surface area contributed by atoms with E-state index in [0.29, 0.717) is 19.3 Å². The first-order valence-electron chi connectivity index (χ1n) is 34.4. The van der Waals surface area contributed by atoms with Crippen molar-refractivity contribution in [2.24, 2.45) is 0 Å². The smallest absolute Gasteiger partial charge is 0.306 e. The zero-order valence-corrected chi connectivity index (χ0v) is 52.6. The topological polar surface area (TPSA) is 78.9 Å². The molecule has 0 N–H and O–H groups in total. The van der Waals surface area contributed by atoms with Crippen molar-refractivity contribution in [2.75, 3.05) is 13.2 Å². The molecule has 0 rings (SSSR count). The van der Waals surface area contributed by atoms with Crippen LogP contribution in [-0.4, -0.2) is 37.2 Å². The summed E-state index contributed by atoms with van der Waals surface area (Å²) in [6, 6.07) is 0. The van der Waals surface area contributed by atoms with Gasteiger partial charge in [-0.15, -0.1) is 0 Å². The molecule has 0 heterocycles. The maximum Gasteiger partial charge on any atom is 0.306 e. The molecule has 79 heavy (non-hydrogen) atoms. The van der Waals surface area contributed by atoms with Crippen LogP contribution in [0.5, 0.6) is 0 Å². The summed E-state index contributed by atoms with van der Waals surface area (Å²) < 4.78 is 17.0. The zero-order valence-electron chi connectivity index (χ0n) is 52.6. The van der Waals surface area contributed by atoms with Crippen molar-refractivity contribution in [2.45, 2.75) is 361 Å². The zero-order chi connectivity index (χ0) is 57.1. The lowest BCUT2D eigenvalue weighted by Crippen LogP contribution is -2.30. The molecule has 0 radical (unpaired) electrons. The number of carbonyl (C=O) groups is 3. The average molecular weight is 1100 g/mol. The van der Waals surface area contributed by atoms with Crippen LogP contribution >= 0.6 is 0 Å². The Bertz CT molecular complexity index is 1450. The highest BCUT2D eigenvalue weighted by atomic mass is 16.6. The molecule has 458 valence electrons. The van der Waals surface area contributed by atoms with Crippen molar-refractivity contribution < 1.29 is 28.6 Å². The van der Waals surface area contributed by atoms with Gasteiger partial charge in [-0.05, 0) is 109 Å². The van der Waals surface area contributed by atoms with Gasteiger partial charge in [0, 0.05) is 19.3 Å². The van der Waals surface area contributed by atoms with Crippen molar-refractivity contribution >= 4 is 17.9 Å². The van der Waals surface area contributed by atoms with Crippen LogP contribution in [-0.2, 0) is 28.6 Å². The number of hydrogen-bond acceptors (Lipinski definition) is 6. The molecule has 6 heteroatoms. The summed E-state index contributed by atoms with van der Waals surface area (Å²) in [4.78, 5) is 38.4. The summed E-state index contributed by atoms with van der Waals surface area (Å²) in [7, 11) is 0. The van der Waals surface area contributed by atoms with Gasteiger partial charge in [-0.1, -0.05) is 299 Å². The molecule has 0 aromatic rings. The van der Waals surface area contributed by atoms with Gasteiger partial charge in [-0.2, -0.15) is 0 Å². The summed E-state index contributed by atoms with van der Waals surface area (Å²) in [6.07, 6.45) is 87.8. The normalized spacial score (nSPS) is 12.5. The summed E-state index contributed by atoms with van der Waals surface area (Å²) >= 11 is 0. The fourth-order valence-electron chi connectivity index (χ4n) is 10.0. The third-order valence-electron chi connectivity index (χ3n) is 15.2. The Kier molecular flexibility index (Phi) is 64.7. The van der Waals surface area contributed by atoms with E-state index in [4.69, 9.17) is 14.2 Å². The Morgan fingerprint density at radius 1 is 0.266 bits per heavy atom. The first kappa shape index (κ1) is 75.8. The van der Waals surface area contributed by atoms with E-state index in [0.717, 1.165) is 89.9 Å². The van der Waals surface area contributed by atoms with Crippen LogP contribution in [0.2, 0.25) is 0 Å². The highest BCUT2D eigenvalue weighted by molar-refractivity contribution is 5.71. The molecule has 0 fully saturated rings. The highest BCUT2D eigenvalue weighted by Crippen LogP contribution is 2.17. The molecular formula is C73H130O6. The molecule has 0 aliphatic heterocycles. The molecule has 6 nitrogen and oxygen atoms in total. The second kappa shape index (κ2) is 67.4. The van der Waals surface area contributed by atoms with Crippen molar-refractivity contribution in [1.82, 2.24) is 0 Å². The van der Waals surface area contributed by atoms with Crippen LogP contribution in [0.25, 0.3) is 0 Å². The van der Waals surface area contributed by atoms with Crippen molar-refractivity contribution in [3.05, 3.63) is 72.9 Å². The van der Waals surface area contributed by atoms with Gasteiger partial charge in [-0.3, -0.25) is 14.4 Å². The summed E-state index contributed by atoms with van der Waals surface area (Å²) in [5, 5.41) is 0. The SMILES string of the molecule is CC/C=C\C/C=C\C/C=C\CCCCCCCCCC(=O)OC(COC(=O)CCCCCCCCC/C=C\CCCCCCCC)COC(=O)CCCCCCCCCCCCCCCCC/C=C\C/C=C\CCCCCCC. The average Bonchev–Trinajstić information content (AvgIpc) is 3.45. The molecule has 1 atom stereocenters. The molecule has 0 spiro atoms. The quantitative estimate of drug-likeness (QED) is 0.0261. The van der Waals surface area contributed by atoms with Crippen LogP contribution < -0.4 is 0 Å². The molecule has 0 bridgehead atoms. The molecule has 0 saturated heterocycles. The monoisotopic (exact) mass is 1100 g/mol. The van der Waals surface area contributed by atoms with Gasteiger partial charge in [0.15, 0.2) is 6.10 Å².